The quantitative estimate of drug-likeness (QED) is 0.478. The zero-order valence-electron chi connectivity index (χ0n) is 11.7. The number of nitrogens with one attached hydrogen (secondary N) is 2. The number of guanidine groups is 1. The number of halogens is 1. The van der Waals surface area contributed by atoms with Crippen molar-refractivity contribution >= 4 is 41.3 Å². The van der Waals surface area contributed by atoms with Gasteiger partial charge in [-0.1, -0.05) is 13.8 Å². The molecule has 0 aromatic carbocycles. The normalized spacial score (nSPS) is 13.1. The Kier molecular flexibility index (Phi) is 8.51. The molecule has 2 N–H and O–H groups in total. The van der Waals surface area contributed by atoms with E-state index in [9.17, 15) is 0 Å². The first-order valence-electron chi connectivity index (χ1n) is 5.90. The van der Waals surface area contributed by atoms with Gasteiger partial charge in [-0.2, -0.15) is 0 Å². The monoisotopic (exact) mass is 382 g/mol. The zero-order chi connectivity index (χ0) is 12.8. The molecule has 0 amide bonds. The third-order valence-electron chi connectivity index (χ3n) is 2.85. The lowest BCUT2D eigenvalue weighted by Crippen LogP contribution is -2.43. The number of aromatic nitrogens is 1. The van der Waals surface area contributed by atoms with Crippen molar-refractivity contribution in [2.75, 3.05) is 7.05 Å². The summed E-state index contributed by atoms with van der Waals surface area (Å²) in [5.74, 6) is 1.43. The van der Waals surface area contributed by atoms with Gasteiger partial charge in [-0.25, -0.2) is 4.98 Å². The molecule has 0 radical (unpaired) electrons. The summed E-state index contributed by atoms with van der Waals surface area (Å²) >= 11 is 1.67. The fraction of sp³-hybridized carbons (Fsp3) is 0.667. The smallest absolute Gasteiger partial charge is 0.191 e. The largest absolute Gasteiger partial charge is 0.354 e. The van der Waals surface area contributed by atoms with Crippen LogP contribution in [0.1, 0.15) is 31.3 Å². The van der Waals surface area contributed by atoms with Gasteiger partial charge >= 0.3 is 0 Å². The Morgan fingerprint density at radius 1 is 1.44 bits per heavy atom. The zero-order valence-corrected chi connectivity index (χ0v) is 14.8. The second kappa shape index (κ2) is 8.68. The van der Waals surface area contributed by atoms with Crippen LogP contribution in [0.15, 0.2) is 10.5 Å². The van der Waals surface area contributed by atoms with Gasteiger partial charge in [0.1, 0.15) is 0 Å². The lowest BCUT2D eigenvalue weighted by molar-refractivity contribution is 0.481. The molecule has 0 fully saturated rings. The average molecular weight is 382 g/mol. The minimum absolute atomic E-state index is 0. The molecule has 1 heterocycles. The topological polar surface area (TPSA) is 49.3 Å². The maximum Gasteiger partial charge on any atom is 0.191 e. The van der Waals surface area contributed by atoms with Gasteiger partial charge in [-0.3, -0.25) is 4.99 Å². The van der Waals surface area contributed by atoms with Crippen molar-refractivity contribution in [3.8, 4) is 0 Å². The van der Waals surface area contributed by atoms with Crippen molar-refractivity contribution < 1.29 is 0 Å². The molecule has 6 heteroatoms. The number of thiazole rings is 1. The molecule has 0 aliphatic heterocycles. The molecule has 1 aromatic rings. The minimum atomic E-state index is 0. The van der Waals surface area contributed by atoms with Crippen molar-refractivity contribution in [2.24, 2.45) is 10.9 Å². The number of rotatable bonds is 4. The number of hydrogen-bond donors (Lipinski definition) is 2. The van der Waals surface area contributed by atoms with Crippen molar-refractivity contribution in [2.45, 2.75) is 40.3 Å². The van der Waals surface area contributed by atoms with Gasteiger partial charge < -0.3 is 10.6 Å². The molecule has 18 heavy (non-hydrogen) atoms. The van der Waals surface area contributed by atoms with E-state index in [-0.39, 0.29) is 24.0 Å². The summed E-state index contributed by atoms with van der Waals surface area (Å²) in [6.07, 6.45) is 0. The molecule has 1 unspecified atom stereocenters. The minimum Gasteiger partial charge on any atom is -0.354 e. The second-order valence-electron chi connectivity index (χ2n) is 4.46. The van der Waals surface area contributed by atoms with Crippen molar-refractivity contribution in [1.29, 1.82) is 0 Å². The van der Waals surface area contributed by atoms with E-state index in [0.29, 0.717) is 12.0 Å². The third-order valence-corrected chi connectivity index (χ3v) is 3.78. The van der Waals surface area contributed by atoms with E-state index >= 15 is 0 Å². The van der Waals surface area contributed by atoms with Crippen LogP contribution in [-0.4, -0.2) is 24.0 Å². The SMILES string of the molecule is CN=C(NCc1scnc1C)NC(C)C(C)C.I. The first-order valence-corrected chi connectivity index (χ1v) is 6.78. The van der Waals surface area contributed by atoms with Gasteiger partial charge in [0.2, 0.25) is 0 Å². The van der Waals surface area contributed by atoms with Crippen LogP contribution in [-0.2, 0) is 6.54 Å². The number of nitrogens with zero attached hydrogens (tertiary/aromatic N) is 2. The fourth-order valence-corrected chi connectivity index (χ4v) is 1.95. The van der Waals surface area contributed by atoms with Gasteiger partial charge in [-0.15, -0.1) is 35.3 Å². The Hall–Kier alpha value is -0.370. The van der Waals surface area contributed by atoms with E-state index < -0.39 is 0 Å². The average Bonchev–Trinajstić information content (AvgIpc) is 2.69. The lowest BCUT2D eigenvalue weighted by Gasteiger charge is -2.20. The fourth-order valence-electron chi connectivity index (χ4n) is 1.24. The Balaban J connectivity index is 0.00000289. The standard InChI is InChI=1S/C12H22N4S.HI/c1-8(2)9(3)16-12(13-5)14-6-11-10(4)15-7-17-11;/h7-9H,6H2,1-5H3,(H2,13,14,16);1H. The molecule has 0 aliphatic rings. The second-order valence-corrected chi connectivity index (χ2v) is 5.40. The van der Waals surface area contributed by atoms with Crippen LogP contribution in [0.5, 0.6) is 0 Å². The molecular weight excluding hydrogens is 359 g/mol. The molecule has 1 aromatic heterocycles. The van der Waals surface area contributed by atoms with Crippen LogP contribution in [0.4, 0.5) is 0 Å². The van der Waals surface area contributed by atoms with Gasteiger partial charge in [0.05, 0.1) is 17.7 Å². The van der Waals surface area contributed by atoms with Crippen LogP contribution in [0, 0.1) is 12.8 Å². The van der Waals surface area contributed by atoms with E-state index in [1.54, 1.807) is 18.4 Å². The highest BCUT2D eigenvalue weighted by Crippen LogP contribution is 2.11. The highest BCUT2D eigenvalue weighted by Gasteiger charge is 2.09. The van der Waals surface area contributed by atoms with Crippen molar-refractivity contribution in [3.05, 3.63) is 16.1 Å². The molecule has 0 spiro atoms. The molecule has 0 bridgehead atoms. The van der Waals surface area contributed by atoms with Gasteiger partial charge in [0.25, 0.3) is 0 Å². The molecular formula is C12H23IN4S. The summed E-state index contributed by atoms with van der Waals surface area (Å²) < 4.78 is 0. The van der Waals surface area contributed by atoms with Crippen LogP contribution >= 0.6 is 35.3 Å². The van der Waals surface area contributed by atoms with Crippen LogP contribution < -0.4 is 10.6 Å². The van der Waals surface area contributed by atoms with Gasteiger partial charge in [0.15, 0.2) is 5.96 Å². The highest BCUT2D eigenvalue weighted by atomic mass is 127. The Bertz CT molecular complexity index is 376. The predicted octanol–water partition coefficient (Wildman–Crippen LogP) is 2.78. The third kappa shape index (κ3) is 5.51. The van der Waals surface area contributed by atoms with Crippen LogP contribution in [0.3, 0.4) is 0 Å². The lowest BCUT2D eigenvalue weighted by atomic mass is 10.1. The van der Waals surface area contributed by atoms with E-state index in [4.69, 9.17) is 0 Å². The molecule has 104 valence electrons. The predicted molar refractivity (Wildman–Crippen MR) is 89.9 cm³/mol. The number of hydrogen-bond acceptors (Lipinski definition) is 3. The van der Waals surface area contributed by atoms with Crippen molar-refractivity contribution in [3.63, 3.8) is 0 Å². The maximum atomic E-state index is 4.23. The van der Waals surface area contributed by atoms with Gasteiger partial charge in [0, 0.05) is 18.0 Å². The van der Waals surface area contributed by atoms with E-state index in [2.05, 4.69) is 41.4 Å². The molecule has 1 atom stereocenters. The van der Waals surface area contributed by atoms with Crippen LogP contribution in [0.25, 0.3) is 0 Å². The summed E-state index contributed by atoms with van der Waals surface area (Å²) in [6, 6.07) is 0.406. The Labute approximate surface area is 131 Å². The number of aliphatic imine (C=N–C) groups is 1. The van der Waals surface area contributed by atoms with Crippen molar-refractivity contribution in [1.82, 2.24) is 15.6 Å². The summed E-state index contributed by atoms with van der Waals surface area (Å²) in [5, 5.41) is 6.68. The first-order chi connectivity index (χ1) is 8.04. The first kappa shape index (κ1) is 17.6. The maximum absolute atomic E-state index is 4.23. The molecule has 0 saturated carbocycles. The molecule has 4 nitrogen and oxygen atoms in total. The molecule has 0 aliphatic carbocycles. The molecule has 0 saturated heterocycles. The Morgan fingerprint density at radius 3 is 2.56 bits per heavy atom. The Morgan fingerprint density at radius 2 is 2.11 bits per heavy atom. The summed E-state index contributed by atoms with van der Waals surface area (Å²) in [5.41, 5.74) is 2.97. The van der Waals surface area contributed by atoms with Crippen LogP contribution in [0.2, 0.25) is 0 Å². The summed E-state index contributed by atoms with van der Waals surface area (Å²) in [7, 11) is 1.79. The summed E-state index contributed by atoms with van der Waals surface area (Å²) in [6.45, 7) is 9.35. The molecule has 1 rings (SSSR count). The van der Waals surface area contributed by atoms with E-state index in [1.807, 2.05) is 12.4 Å². The van der Waals surface area contributed by atoms with E-state index in [0.717, 1.165) is 18.2 Å². The van der Waals surface area contributed by atoms with E-state index in [1.165, 1.54) is 4.88 Å². The highest BCUT2D eigenvalue weighted by molar-refractivity contribution is 14.0. The number of aryl methyl sites for hydroxylation is 1. The summed E-state index contributed by atoms with van der Waals surface area (Å²) in [4.78, 5) is 9.70. The van der Waals surface area contributed by atoms with Gasteiger partial charge in [-0.05, 0) is 19.8 Å².